The van der Waals surface area contributed by atoms with Crippen molar-refractivity contribution >= 4 is 11.8 Å². The number of carbonyl (C=O) groups is 2. The predicted molar refractivity (Wildman–Crippen MR) is 64.3 cm³/mol. The molecule has 0 aliphatic heterocycles. The van der Waals surface area contributed by atoms with Crippen LogP contribution in [0.1, 0.15) is 33.6 Å². The summed E-state index contributed by atoms with van der Waals surface area (Å²) in [6.07, 6.45) is 3.44. The largest absolute Gasteiger partial charge is 0.468 e. The van der Waals surface area contributed by atoms with Crippen molar-refractivity contribution in [3.8, 4) is 0 Å². The fraction of sp³-hybridized carbons (Fsp3) is 0.714. The van der Waals surface area contributed by atoms with Gasteiger partial charge < -0.3 is 4.74 Å². The number of hydrogen-bond donors (Lipinski definition) is 0. The van der Waals surface area contributed by atoms with E-state index >= 15 is 0 Å². The fourth-order valence-corrected chi connectivity index (χ4v) is 3.74. The van der Waals surface area contributed by atoms with Crippen LogP contribution in [-0.4, -0.2) is 18.9 Å². The first-order chi connectivity index (χ1) is 7.79. The first-order valence-corrected chi connectivity index (χ1v) is 6.05. The van der Waals surface area contributed by atoms with Crippen molar-refractivity contribution in [1.82, 2.24) is 0 Å². The number of fused-ring (bicyclic) bond motifs is 1. The van der Waals surface area contributed by atoms with Gasteiger partial charge in [0.15, 0.2) is 5.78 Å². The quantitative estimate of drug-likeness (QED) is 0.420. The average molecular weight is 236 g/mol. The van der Waals surface area contributed by atoms with Crippen molar-refractivity contribution < 1.29 is 14.3 Å². The van der Waals surface area contributed by atoms with E-state index < -0.39 is 10.8 Å². The second-order valence-corrected chi connectivity index (χ2v) is 6.14. The summed E-state index contributed by atoms with van der Waals surface area (Å²) in [6.45, 7) is 9.61. The SMILES string of the molecule is C=C[C@@H]1[C@@]2(C(=O)OC)C(=O)C(C)(C)CC[C@@]12C. The number of methoxy groups -OCH3 is 1. The summed E-state index contributed by atoms with van der Waals surface area (Å²) in [7, 11) is 1.35. The van der Waals surface area contributed by atoms with E-state index in [9.17, 15) is 9.59 Å². The van der Waals surface area contributed by atoms with E-state index in [-0.39, 0.29) is 23.1 Å². The minimum atomic E-state index is -0.967. The van der Waals surface area contributed by atoms with E-state index in [0.29, 0.717) is 0 Å². The van der Waals surface area contributed by atoms with Gasteiger partial charge in [-0.05, 0) is 18.3 Å². The highest BCUT2D eigenvalue weighted by Crippen LogP contribution is 2.77. The van der Waals surface area contributed by atoms with Gasteiger partial charge in [-0.3, -0.25) is 9.59 Å². The van der Waals surface area contributed by atoms with E-state index in [1.807, 2.05) is 20.8 Å². The lowest BCUT2D eigenvalue weighted by atomic mass is 9.66. The van der Waals surface area contributed by atoms with Gasteiger partial charge >= 0.3 is 5.97 Å². The summed E-state index contributed by atoms with van der Waals surface area (Å²) in [5, 5.41) is 0. The second-order valence-electron chi connectivity index (χ2n) is 6.14. The molecule has 0 N–H and O–H groups in total. The maximum absolute atomic E-state index is 12.6. The third kappa shape index (κ3) is 1.12. The first kappa shape index (κ1) is 12.3. The Morgan fingerprint density at radius 2 is 2.00 bits per heavy atom. The smallest absolute Gasteiger partial charge is 0.320 e. The van der Waals surface area contributed by atoms with Crippen LogP contribution in [0.3, 0.4) is 0 Å². The van der Waals surface area contributed by atoms with Crippen LogP contribution in [0.5, 0.6) is 0 Å². The number of ether oxygens (including phenoxy) is 1. The predicted octanol–water partition coefficient (Wildman–Crippen LogP) is 2.36. The van der Waals surface area contributed by atoms with Gasteiger partial charge in [-0.25, -0.2) is 0 Å². The van der Waals surface area contributed by atoms with Crippen LogP contribution in [0.4, 0.5) is 0 Å². The van der Waals surface area contributed by atoms with Crippen molar-refractivity contribution in [3.63, 3.8) is 0 Å². The van der Waals surface area contributed by atoms with E-state index in [4.69, 9.17) is 4.74 Å². The third-order valence-corrected chi connectivity index (χ3v) is 4.96. The second kappa shape index (κ2) is 3.21. The molecule has 0 aromatic rings. The Kier molecular flexibility index (Phi) is 2.33. The standard InChI is InChI=1S/C14H20O3/c1-6-9-13(4)8-7-12(2,3)10(15)14(9,13)11(16)17-5/h6,9H,1,7-8H2,2-5H3/t9-,13-,14-/m0/s1. The van der Waals surface area contributed by atoms with E-state index in [2.05, 4.69) is 6.58 Å². The Morgan fingerprint density at radius 1 is 1.41 bits per heavy atom. The van der Waals surface area contributed by atoms with Gasteiger partial charge in [0.2, 0.25) is 0 Å². The Labute approximate surface area is 102 Å². The van der Waals surface area contributed by atoms with E-state index in [1.165, 1.54) is 7.11 Å². The molecule has 94 valence electrons. The molecule has 3 nitrogen and oxygen atoms in total. The van der Waals surface area contributed by atoms with Gasteiger partial charge in [-0.1, -0.05) is 26.8 Å². The Bertz CT molecular complexity index is 410. The molecule has 2 aliphatic carbocycles. The summed E-state index contributed by atoms with van der Waals surface area (Å²) >= 11 is 0. The van der Waals surface area contributed by atoms with Gasteiger partial charge in [0.1, 0.15) is 5.41 Å². The molecule has 17 heavy (non-hydrogen) atoms. The highest BCUT2D eigenvalue weighted by Gasteiger charge is 2.83. The number of Topliss-reactive ketones (excluding diaryl/α,β-unsaturated/α-hetero) is 1. The van der Waals surface area contributed by atoms with Gasteiger partial charge in [-0.2, -0.15) is 0 Å². The maximum atomic E-state index is 12.6. The Morgan fingerprint density at radius 3 is 2.47 bits per heavy atom. The summed E-state index contributed by atoms with van der Waals surface area (Å²) in [6, 6.07) is 0. The lowest BCUT2D eigenvalue weighted by Crippen LogP contribution is -2.45. The Hall–Kier alpha value is -1.12. The zero-order valence-corrected chi connectivity index (χ0v) is 11.0. The Balaban J connectivity index is 2.53. The molecule has 2 aliphatic rings. The normalized spacial score (nSPS) is 42.6. The van der Waals surface area contributed by atoms with Crippen LogP contribution < -0.4 is 0 Å². The maximum Gasteiger partial charge on any atom is 0.320 e. The molecular formula is C14H20O3. The lowest BCUT2D eigenvalue weighted by Gasteiger charge is -2.35. The molecule has 3 heteroatoms. The average Bonchev–Trinajstić information content (AvgIpc) is 2.85. The third-order valence-electron chi connectivity index (χ3n) is 4.96. The minimum Gasteiger partial charge on any atom is -0.468 e. The molecule has 2 fully saturated rings. The summed E-state index contributed by atoms with van der Waals surface area (Å²) in [4.78, 5) is 24.7. The number of esters is 1. The molecule has 2 saturated carbocycles. The molecule has 0 bridgehead atoms. The van der Waals surface area contributed by atoms with Crippen molar-refractivity contribution in [1.29, 1.82) is 0 Å². The molecule has 0 spiro atoms. The van der Waals surface area contributed by atoms with Crippen LogP contribution in [0.15, 0.2) is 12.7 Å². The van der Waals surface area contributed by atoms with Gasteiger partial charge in [-0.15, -0.1) is 6.58 Å². The van der Waals surface area contributed by atoms with Gasteiger partial charge in [0.25, 0.3) is 0 Å². The summed E-state index contributed by atoms with van der Waals surface area (Å²) < 4.78 is 4.89. The van der Waals surface area contributed by atoms with Crippen molar-refractivity contribution in [3.05, 3.63) is 12.7 Å². The first-order valence-electron chi connectivity index (χ1n) is 6.05. The van der Waals surface area contributed by atoms with Crippen molar-refractivity contribution in [2.24, 2.45) is 22.2 Å². The fourth-order valence-electron chi connectivity index (χ4n) is 3.74. The highest BCUT2D eigenvalue weighted by molar-refractivity contribution is 6.12. The van der Waals surface area contributed by atoms with Crippen LogP contribution >= 0.6 is 0 Å². The molecule has 0 unspecified atom stereocenters. The molecule has 0 amide bonds. The molecule has 3 atom stereocenters. The molecular weight excluding hydrogens is 216 g/mol. The van der Waals surface area contributed by atoms with Crippen molar-refractivity contribution in [2.45, 2.75) is 33.6 Å². The minimum absolute atomic E-state index is 0.0236. The number of allylic oxidation sites excluding steroid dienone is 1. The van der Waals surface area contributed by atoms with Gasteiger partial charge in [0.05, 0.1) is 7.11 Å². The molecule has 0 saturated heterocycles. The molecule has 0 heterocycles. The molecule has 0 aromatic heterocycles. The van der Waals surface area contributed by atoms with E-state index in [0.717, 1.165) is 12.8 Å². The summed E-state index contributed by atoms with van der Waals surface area (Å²) in [5.74, 6) is -0.435. The topological polar surface area (TPSA) is 43.4 Å². The molecule has 0 aromatic carbocycles. The number of hydrogen-bond acceptors (Lipinski definition) is 3. The summed E-state index contributed by atoms with van der Waals surface area (Å²) in [5.41, 5.74) is -1.69. The zero-order valence-electron chi connectivity index (χ0n) is 11.0. The monoisotopic (exact) mass is 236 g/mol. The lowest BCUT2D eigenvalue weighted by molar-refractivity contribution is -0.159. The van der Waals surface area contributed by atoms with Crippen LogP contribution in [0.25, 0.3) is 0 Å². The van der Waals surface area contributed by atoms with Crippen LogP contribution in [0.2, 0.25) is 0 Å². The number of ketones is 1. The van der Waals surface area contributed by atoms with Crippen LogP contribution in [0, 0.1) is 22.2 Å². The van der Waals surface area contributed by atoms with Gasteiger partial charge in [0, 0.05) is 11.3 Å². The molecule has 0 radical (unpaired) electrons. The number of carbonyl (C=O) groups excluding carboxylic acids is 2. The van der Waals surface area contributed by atoms with Crippen LogP contribution in [-0.2, 0) is 14.3 Å². The highest BCUT2D eigenvalue weighted by atomic mass is 16.5. The zero-order chi connectivity index (χ0) is 13.1. The van der Waals surface area contributed by atoms with E-state index in [1.54, 1.807) is 6.08 Å². The molecule has 2 rings (SSSR count). The number of rotatable bonds is 2. The van der Waals surface area contributed by atoms with Crippen molar-refractivity contribution in [2.75, 3.05) is 7.11 Å².